The van der Waals surface area contributed by atoms with Crippen LogP contribution >= 0.6 is 0 Å². The van der Waals surface area contributed by atoms with E-state index in [0.29, 0.717) is 17.3 Å². The molecule has 2 aliphatic heterocycles. The zero-order valence-electron chi connectivity index (χ0n) is 20.5. The van der Waals surface area contributed by atoms with E-state index in [-0.39, 0.29) is 13.2 Å². The van der Waals surface area contributed by atoms with Gasteiger partial charge in [-0.1, -0.05) is 27.7 Å². The molecule has 3 heterocycles. The molecule has 0 amide bonds. The summed E-state index contributed by atoms with van der Waals surface area (Å²) < 4.78 is 18.7. The number of likely N-dealkylation sites (tertiary alicyclic amines) is 1. The van der Waals surface area contributed by atoms with Gasteiger partial charge in [0.25, 0.3) is 0 Å². The Morgan fingerprint density at radius 3 is 2.38 bits per heavy atom. The van der Waals surface area contributed by atoms with Crippen LogP contribution in [0.25, 0.3) is 0 Å². The van der Waals surface area contributed by atoms with E-state index in [1.165, 1.54) is 64.8 Å². The maximum absolute atomic E-state index is 13.8. The lowest BCUT2D eigenvalue weighted by molar-refractivity contribution is 0.262. The van der Waals surface area contributed by atoms with E-state index in [9.17, 15) is 4.39 Å². The number of benzene rings is 1. The Bertz CT molecular complexity index is 864. The molecule has 0 aliphatic carbocycles. The number of halogens is 1. The summed E-state index contributed by atoms with van der Waals surface area (Å²) in [4.78, 5) is 11.4. The number of ether oxygens (including phenoxy) is 1. The first-order valence-corrected chi connectivity index (χ1v) is 12.2. The number of methoxy groups -OCH3 is 1. The maximum atomic E-state index is 13.8. The third-order valence-corrected chi connectivity index (χ3v) is 6.27. The Morgan fingerprint density at radius 2 is 1.76 bits per heavy atom. The van der Waals surface area contributed by atoms with E-state index in [0.717, 1.165) is 24.9 Å². The molecule has 1 aromatic heterocycles. The van der Waals surface area contributed by atoms with E-state index in [1.54, 1.807) is 12.1 Å². The second-order valence-corrected chi connectivity index (χ2v) is 8.65. The SMILES string of the molecule is C.CCC1CCCN1CC.COc1ccc(Nc2cc(NN3CCCCC3)nc(C)n2)cc1F. The largest absolute Gasteiger partial charge is 0.494 e. The fourth-order valence-electron chi connectivity index (χ4n) is 4.52. The van der Waals surface area contributed by atoms with Gasteiger partial charge in [-0.05, 0) is 64.3 Å². The molecular formula is C26H43FN6O. The summed E-state index contributed by atoms with van der Waals surface area (Å²) in [5.74, 6) is 1.80. The molecule has 0 saturated carbocycles. The third-order valence-electron chi connectivity index (χ3n) is 6.27. The van der Waals surface area contributed by atoms with Crippen LogP contribution in [-0.2, 0) is 0 Å². The van der Waals surface area contributed by atoms with Crippen molar-refractivity contribution < 1.29 is 9.13 Å². The second kappa shape index (κ2) is 14.1. The lowest BCUT2D eigenvalue weighted by Crippen LogP contribution is -2.35. The van der Waals surface area contributed by atoms with Crippen molar-refractivity contribution in [1.82, 2.24) is 19.9 Å². The molecule has 2 saturated heterocycles. The number of hydrogen-bond acceptors (Lipinski definition) is 7. The molecule has 0 radical (unpaired) electrons. The van der Waals surface area contributed by atoms with Crippen LogP contribution in [0.2, 0.25) is 0 Å². The van der Waals surface area contributed by atoms with Crippen molar-refractivity contribution in [3.8, 4) is 5.75 Å². The Balaban J connectivity index is 0.000000345. The molecule has 8 heteroatoms. The first-order valence-electron chi connectivity index (χ1n) is 12.2. The zero-order chi connectivity index (χ0) is 23.6. The van der Waals surface area contributed by atoms with Gasteiger partial charge in [0.05, 0.1) is 7.11 Å². The Kier molecular flexibility index (Phi) is 11.5. The van der Waals surface area contributed by atoms with Crippen LogP contribution in [0.3, 0.4) is 0 Å². The fraction of sp³-hybridized carbons (Fsp3) is 0.615. The maximum Gasteiger partial charge on any atom is 0.167 e. The van der Waals surface area contributed by atoms with Crippen molar-refractivity contribution in [1.29, 1.82) is 0 Å². The van der Waals surface area contributed by atoms with Crippen LogP contribution in [0.4, 0.5) is 21.7 Å². The van der Waals surface area contributed by atoms with Gasteiger partial charge in [0, 0.05) is 37.0 Å². The Morgan fingerprint density at radius 1 is 1.03 bits per heavy atom. The van der Waals surface area contributed by atoms with Crippen molar-refractivity contribution in [2.75, 3.05) is 44.0 Å². The highest BCUT2D eigenvalue weighted by Crippen LogP contribution is 2.24. The minimum Gasteiger partial charge on any atom is -0.494 e. The summed E-state index contributed by atoms with van der Waals surface area (Å²) in [6.45, 7) is 11.0. The average Bonchev–Trinajstić information content (AvgIpc) is 3.28. The van der Waals surface area contributed by atoms with Gasteiger partial charge in [0.15, 0.2) is 11.6 Å². The van der Waals surface area contributed by atoms with Crippen molar-refractivity contribution in [3.63, 3.8) is 0 Å². The topological polar surface area (TPSA) is 65.6 Å². The van der Waals surface area contributed by atoms with Crippen LogP contribution in [0.5, 0.6) is 5.75 Å². The first-order chi connectivity index (χ1) is 16.0. The number of rotatable bonds is 7. The number of aromatic nitrogens is 2. The Labute approximate surface area is 205 Å². The number of piperidine rings is 1. The fourth-order valence-corrected chi connectivity index (χ4v) is 4.52. The molecule has 2 aliphatic rings. The second-order valence-electron chi connectivity index (χ2n) is 8.65. The molecule has 34 heavy (non-hydrogen) atoms. The molecule has 2 fully saturated rings. The molecule has 0 spiro atoms. The van der Waals surface area contributed by atoms with Crippen molar-refractivity contribution in [2.45, 2.75) is 72.8 Å². The van der Waals surface area contributed by atoms with E-state index in [1.807, 2.05) is 13.0 Å². The number of anilines is 3. The number of aryl methyl sites for hydroxylation is 1. The molecule has 0 bridgehead atoms. The van der Waals surface area contributed by atoms with Crippen molar-refractivity contribution in [2.24, 2.45) is 0 Å². The molecular weight excluding hydrogens is 431 g/mol. The van der Waals surface area contributed by atoms with Gasteiger partial charge in [-0.2, -0.15) is 0 Å². The minimum atomic E-state index is -0.417. The summed E-state index contributed by atoms with van der Waals surface area (Å²) in [6, 6.07) is 7.45. The smallest absolute Gasteiger partial charge is 0.167 e. The van der Waals surface area contributed by atoms with E-state index in [4.69, 9.17) is 4.74 Å². The molecule has 1 atom stereocenters. The standard InChI is InChI=1S/C17H22FN5O.C8H17N.CH4/c1-12-19-16(21-13-6-7-15(24-2)14(18)10-13)11-17(20-12)22-23-8-4-3-5-9-23;1-3-8-6-5-7-9(8)4-2;/h6-7,10-11H,3-5,8-9H2,1-2H3,(H2,19,20,21,22);8H,3-7H2,1-2H3;1H4. The average molecular weight is 475 g/mol. The van der Waals surface area contributed by atoms with Crippen molar-refractivity contribution in [3.05, 3.63) is 35.9 Å². The zero-order valence-corrected chi connectivity index (χ0v) is 20.5. The molecule has 1 unspecified atom stereocenters. The third kappa shape index (κ3) is 8.09. The van der Waals surface area contributed by atoms with Gasteiger partial charge in [-0.3, -0.25) is 0 Å². The molecule has 4 rings (SSSR count). The van der Waals surface area contributed by atoms with E-state index in [2.05, 4.69) is 44.5 Å². The number of hydrazine groups is 1. The molecule has 2 aromatic rings. The van der Waals surface area contributed by atoms with E-state index < -0.39 is 5.82 Å². The molecule has 7 nitrogen and oxygen atoms in total. The number of nitrogens with zero attached hydrogens (tertiary/aromatic N) is 4. The van der Waals surface area contributed by atoms with Crippen LogP contribution in [0.1, 0.15) is 65.6 Å². The molecule has 190 valence electrons. The highest BCUT2D eigenvalue weighted by molar-refractivity contribution is 5.60. The van der Waals surface area contributed by atoms with E-state index >= 15 is 0 Å². The van der Waals surface area contributed by atoms with Crippen LogP contribution in [-0.4, -0.2) is 59.2 Å². The quantitative estimate of drug-likeness (QED) is 0.510. The first kappa shape index (κ1) is 27.8. The van der Waals surface area contributed by atoms with Gasteiger partial charge in [-0.25, -0.2) is 19.4 Å². The molecule has 2 N–H and O–H groups in total. The van der Waals surface area contributed by atoms with Crippen LogP contribution in [0.15, 0.2) is 24.3 Å². The minimum absolute atomic E-state index is 0. The highest BCUT2D eigenvalue weighted by Gasteiger charge is 2.20. The number of hydrogen-bond donors (Lipinski definition) is 2. The highest BCUT2D eigenvalue weighted by atomic mass is 19.1. The normalized spacial score (nSPS) is 18.4. The predicted octanol–water partition coefficient (Wildman–Crippen LogP) is 6.01. The molecule has 1 aromatic carbocycles. The van der Waals surface area contributed by atoms with Gasteiger partial charge in [0.1, 0.15) is 17.5 Å². The van der Waals surface area contributed by atoms with Gasteiger partial charge < -0.3 is 20.4 Å². The lowest BCUT2D eigenvalue weighted by atomic mass is 10.2. The monoisotopic (exact) mass is 474 g/mol. The predicted molar refractivity (Wildman–Crippen MR) is 139 cm³/mol. The van der Waals surface area contributed by atoms with Crippen LogP contribution in [0, 0.1) is 12.7 Å². The number of nitrogens with one attached hydrogen (secondary N) is 2. The lowest BCUT2D eigenvalue weighted by Gasteiger charge is -2.27. The van der Waals surface area contributed by atoms with Gasteiger partial charge >= 0.3 is 0 Å². The van der Waals surface area contributed by atoms with Gasteiger partial charge in [-0.15, -0.1) is 0 Å². The summed E-state index contributed by atoms with van der Waals surface area (Å²) in [6.07, 6.45) is 7.85. The van der Waals surface area contributed by atoms with Crippen molar-refractivity contribution >= 4 is 17.3 Å². The summed E-state index contributed by atoms with van der Waals surface area (Å²) in [5, 5.41) is 5.28. The van der Waals surface area contributed by atoms with Gasteiger partial charge in [0.2, 0.25) is 0 Å². The summed E-state index contributed by atoms with van der Waals surface area (Å²) >= 11 is 0. The van der Waals surface area contributed by atoms with Crippen LogP contribution < -0.4 is 15.5 Å². The summed E-state index contributed by atoms with van der Waals surface area (Å²) in [7, 11) is 1.44. The Hall–Kier alpha value is -2.45. The summed E-state index contributed by atoms with van der Waals surface area (Å²) in [5.41, 5.74) is 3.93.